The van der Waals surface area contributed by atoms with Crippen molar-refractivity contribution in [2.24, 2.45) is 0 Å². The molecule has 1 aliphatic carbocycles. The van der Waals surface area contributed by atoms with Crippen LogP contribution in [-0.2, 0) is 18.4 Å². The van der Waals surface area contributed by atoms with Crippen LogP contribution in [0.2, 0.25) is 0 Å². The monoisotopic (exact) mass is 217 g/mol. The maximum absolute atomic E-state index is 9.46. The first-order chi connectivity index (χ1) is 7.80. The van der Waals surface area contributed by atoms with Crippen molar-refractivity contribution in [3.63, 3.8) is 0 Å². The number of rotatable bonds is 2. The normalized spacial score (nSPS) is 21.2. The van der Waals surface area contributed by atoms with Crippen LogP contribution >= 0.6 is 0 Å². The number of nitriles is 1. The van der Waals surface area contributed by atoms with Gasteiger partial charge in [-0.3, -0.25) is 0 Å². The van der Waals surface area contributed by atoms with Gasteiger partial charge in [0.05, 0.1) is 17.7 Å². The molecule has 1 N–H and O–H groups in total. The molecule has 1 aromatic rings. The van der Waals surface area contributed by atoms with E-state index >= 15 is 0 Å². The summed E-state index contributed by atoms with van der Waals surface area (Å²) in [5, 5.41) is 18.5. The summed E-state index contributed by atoms with van der Waals surface area (Å²) in [4.78, 5) is 4.46. The summed E-state index contributed by atoms with van der Waals surface area (Å²) < 4.78 is 2.19. The van der Waals surface area contributed by atoms with Crippen LogP contribution in [0.15, 0.2) is 0 Å². The molecule has 0 aromatic carbocycles. The Morgan fingerprint density at radius 2 is 2.25 bits per heavy atom. The largest absolute Gasteiger partial charge is 0.395 e. The molecule has 0 bridgehead atoms. The quantitative estimate of drug-likeness (QED) is 0.807. The van der Waals surface area contributed by atoms with Crippen molar-refractivity contribution < 1.29 is 5.11 Å². The summed E-state index contributed by atoms with van der Waals surface area (Å²) in [5.41, 5.74) is 1.54. The van der Waals surface area contributed by atoms with Crippen molar-refractivity contribution in [3.8, 4) is 6.07 Å². The van der Waals surface area contributed by atoms with Gasteiger partial charge in [0, 0.05) is 6.54 Å². The molecule has 0 radical (unpaired) electrons. The molecule has 84 valence electrons. The van der Waals surface area contributed by atoms with Crippen LogP contribution in [0.3, 0.4) is 0 Å². The minimum absolute atomic E-state index is 0.124. The Labute approximate surface area is 94.5 Å². The van der Waals surface area contributed by atoms with Crippen molar-refractivity contribution in [3.05, 3.63) is 17.2 Å². The molecule has 1 fully saturated rings. The van der Waals surface area contributed by atoms with E-state index < -0.39 is 0 Å². The highest BCUT2D eigenvalue weighted by Gasteiger charge is 2.48. The topological polar surface area (TPSA) is 61.8 Å². The fourth-order valence-corrected chi connectivity index (χ4v) is 2.64. The predicted molar refractivity (Wildman–Crippen MR) is 57.9 cm³/mol. The van der Waals surface area contributed by atoms with E-state index in [0.717, 1.165) is 50.2 Å². The first-order valence-electron chi connectivity index (χ1n) is 5.91. The van der Waals surface area contributed by atoms with Gasteiger partial charge in [-0.05, 0) is 32.1 Å². The second-order valence-electron chi connectivity index (χ2n) is 4.89. The molecule has 2 aliphatic rings. The number of imidazole rings is 1. The predicted octanol–water partition coefficient (Wildman–Crippen LogP) is 1.11. The number of aliphatic hydroxyl groups excluding tert-OH is 1. The standard InChI is InChI=1S/C12H15N3O/c13-7-9-10-3-1-2-6-15(10)11(14-9)12(8-16)4-5-12/h16H,1-6,8H2. The molecule has 4 nitrogen and oxygen atoms in total. The molecular weight excluding hydrogens is 202 g/mol. The second-order valence-corrected chi connectivity index (χ2v) is 4.89. The fourth-order valence-electron chi connectivity index (χ4n) is 2.64. The van der Waals surface area contributed by atoms with E-state index in [4.69, 9.17) is 5.26 Å². The number of nitrogens with zero attached hydrogens (tertiary/aromatic N) is 3. The van der Waals surface area contributed by atoms with Gasteiger partial charge in [0.15, 0.2) is 5.69 Å². The van der Waals surface area contributed by atoms with Gasteiger partial charge in [0.25, 0.3) is 0 Å². The van der Waals surface area contributed by atoms with Crippen molar-refractivity contribution >= 4 is 0 Å². The highest BCUT2D eigenvalue weighted by Crippen LogP contribution is 2.48. The molecule has 16 heavy (non-hydrogen) atoms. The van der Waals surface area contributed by atoms with Crippen molar-refractivity contribution in [1.29, 1.82) is 5.26 Å². The van der Waals surface area contributed by atoms with Gasteiger partial charge >= 0.3 is 0 Å². The lowest BCUT2D eigenvalue weighted by Gasteiger charge is -2.20. The average Bonchev–Trinajstić information content (AvgIpc) is 3.04. The SMILES string of the molecule is N#Cc1nc(C2(CO)CC2)n2c1CCCC2. The molecule has 1 saturated carbocycles. The Morgan fingerprint density at radius 1 is 1.44 bits per heavy atom. The molecule has 0 amide bonds. The average molecular weight is 217 g/mol. The van der Waals surface area contributed by atoms with Crippen molar-refractivity contribution in [2.75, 3.05) is 6.61 Å². The maximum Gasteiger partial charge on any atom is 0.162 e. The first kappa shape index (κ1) is 9.86. The highest BCUT2D eigenvalue weighted by molar-refractivity contribution is 5.34. The Kier molecular flexibility index (Phi) is 2.05. The zero-order valence-corrected chi connectivity index (χ0v) is 9.24. The van der Waals surface area contributed by atoms with Crippen LogP contribution in [0.4, 0.5) is 0 Å². The number of hydrogen-bond donors (Lipinski definition) is 1. The lowest BCUT2D eigenvalue weighted by molar-refractivity contribution is 0.245. The molecule has 1 aliphatic heterocycles. The number of hydrogen-bond acceptors (Lipinski definition) is 3. The molecule has 1 aromatic heterocycles. The van der Waals surface area contributed by atoms with Gasteiger partial charge in [-0.25, -0.2) is 4.98 Å². The summed E-state index contributed by atoms with van der Waals surface area (Å²) in [6, 6.07) is 2.19. The van der Waals surface area contributed by atoms with Gasteiger partial charge in [0.1, 0.15) is 11.9 Å². The first-order valence-corrected chi connectivity index (χ1v) is 5.91. The number of aliphatic hydroxyl groups is 1. The van der Waals surface area contributed by atoms with Crippen molar-refractivity contribution in [1.82, 2.24) is 9.55 Å². The fraction of sp³-hybridized carbons (Fsp3) is 0.667. The Morgan fingerprint density at radius 3 is 2.88 bits per heavy atom. The second kappa shape index (κ2) is 3.33. The van der Waals surface area contributed by atoms with E-state index in [9.17, 15) is 5.11 Å². The number of fused-ring (bicyclic) bond motifs is 1. The zero-order valence-electron chi connectivity index (χ0n) is 9.24. The van der Waals surface area contributed by atoms with E-state index in [1.165, 1.54) is 0 Å². The highest BCUT2D eigenvalue weighted by atomic mass is 16.3. The summed E-state index contributed by atoms with van der Waals surface area (Å²) in [5.74, 6) is 0.959. The summed E-state index contributed by atoms with van der Waals surface area (Å²) in [7, 11) is 0. The Hall–Kier alpha value is -1.34. The van der Waals surface area contributed by atoms with Crippen LogP contribution in [0.25, 0.3) is 0 Å². The summed E-state index contributed by atoms with van der Waals surface area (Å²) in [6.07, 6.45) is 5.27. The molecule has 0 unspecified atom stereocenters. The van der Waals surface area contributed by atoms with E-state index in [-0.39, 0.29) is 12.0 Å². The summed E-state index contributed by atoms with van der Waals surface area (Å²) >= 11 is 0. The molecule has 0 spiro atoms. The molecule has 0 atom stereocenters. The smallest absolute Gasteiger partial charge is 0.162 e. The van der Waals surface area contributed by atoms with Crippen LogP contribution in [0.1, 0.15) is 42.9 Å². The Bertz CT molecular complexity index is 465. The lowest BCUT2D eigenvalue weighted by atomic mass is 10.1. The minimum Gasteiger partial charge on any atom is -0.395 e. The summed E-state index contributed by atoms with van der Waals surface area (Å²) in [6.45, 7) is 1.12. The third-order valence-corrected chi connectivity index (χ3v) is 3.85. The third-order valence-electron chi connectivity index (χ3n) is 3.85. The molecule has 2 heterocycles. The minimum atomic E-state index is -0.124. The molecule has 4 heteroatoms. The van der Waals surface area contributed by atoms with Crippen LogP contribution in [0.5, 0.6) is 0 Å². The van der Waals surface area contributed by atoms with Gasteiger partial charge in [-0.1, -0.05) is 0 Å². The van der Waals surface area contributed by atoms with E-state index in [1.807, 2.05) is 0 Å². The van der Waals surface area contributed by atoms with Gasteiger partial charge < -0.3 is 9.67 Å². The van der Waals surface area contributed by atoms with Crippen molar-refractivity contribution in [2.45, 2.75) is 44.1 Å². The van der Waals surface area contributed by atoms with Crippen LogP contribution in [-0.4, -0.2) is 21.3 Å². The molecule has 0 saturated heterocycles. The molecular formula is C12H15N3O. The maximum atomic E-state index is 9.46. The van der Waals surface area contributed by atoms with E-state index in [2.05, 4.69) is 15.6 Å². The number of aromatic nitrogens is 2. The van der Waals surface area contributed by atoms with Gasteiger partial charge in [-0.15, -0.1) is 0 Å². The van der Waals surface area contributed by atoms with Crippen LogP contribution < -0.4 is 0 Å². The van der Waals surface area contributed by atoms with Crippen LogP contribution in [0, 0.1) is 11.3 Å². The molecule has 3 rings (SSSR count). The zero-order chi connectivity index (χ0) is 11.2. The van der Waals surface area contributed by atoms with Gasteiger partial charge in [0.2, 0.25) is 0 Å². The van der Waals surface area contributed by atoms with E-state index in [1.54, 1.807) is 0 Å². The Balaban J connectivity index is 2.12. The van der Waals surface area contributed by atoms with E-state index in [0.29, 0.717) is 5.69 Å². The van der Waals surface area contributed by atoms with Gasteiger partial charge in [-0.2, -0.15) is 5.26 Å². The third kappa shape index (κ3) is 1.21. The lowest BCUT2D eigenvalue weighted by Crippen LogP contribution is -2.21.